The summed E-state index contributed by atoms with van der Waals surface area (Å²) in [5.41, 5.74) is 0. The second kappa shape index (κ2) is 20.9. The molecule has 3 fully saturated rings. The summed E-state index contributed by atoms with van der Waals surface area (Å²) in [6.45, 7) is 5.79. The van der Waals surface area contributed by atoms with Gasteiger partial charge in [-0.05, 0) is 25.7 Å². The second-order valence-corrected chi connectivity index (χ2v) is 15.7. The first kappa shape index (κ1) is 44.1. The van der Waals surface area contributed by atoms with Crippen LogP contribution < -0.4 is 0 Å². The van der Waals surface area contributed by atoms with Crippen molar-refractivity contribution in [2.45, 2.75) is 150 Å². The summed E-state index contributed by atoms with van der Waals surface area (Å²) in [5, 5.41) is 101. The molecule has 0 aromatic heterocycles. The molecule has 0 aliphatic carbocycles. The molecule has 3 rings (SSSR count). The molecule has 0 radical (unpaired) electrons. The van der Waals surface area contributed by atoms with Gasteiger partial charge in [0, 0.05) is 24.8 Å². The molecule has 3 saturated heterocycles. The van der Waals surface area contributed by atoms with Gasteiger partial charge in [-0.25, -0.2) is 0 Å². The molecule has 16 unspecified atom stereocenters. The minimum Gasteiger partial charge on any atom is -0.445 e. The van der Waals surface area contributed by atoms with Gasteiger partial charge in [-0.3, -0.25) is 0 Å². The average molecular weight is 754 g/mol. The van der Waals surface area contributed by atoms with Crippen molar-refractivity contribution < 1.29 is 93.6 Å². The molecule has 20 heteroatoms. The molecule has 50 heavy (non-hydrogen) atoms. The van der Waals surface area contributed by atoms with Crippen LogP contribution in [0.15, 0.2) is 0 Å². The van der Waals surface area contributed by atoms with Crippen molar-refractivity contribution in [1.29, 1.82) is 0 Å². The Bertz CT molecular complexity index is 948. The van der Waals surface area contributed by atoms with Crippen LogP contribution >= 0.6 is 8.38 Å². The van der Waals surface area contributed by atoms with E-state index in [1.165, 1.54) is 0 Å². The summed E-state index contributed by atoms with van der Waals surface area (Å²) in [4.78, 5) is 10.0. The van der Waals surface area contributed by atoms with Crippen molar-refractivity contribution in [3.05, 3.63) is 0 Å². The van der Waals surface area contributed by atoms with Gasteiger partial charge in [0.2, 0.25) is 0 Å². The predicted octanol–water partition coefficient (Wildman–Crippen LogP) is -3.77. The standard InChI is InChI=1S/C30H57O19P/c1-30(2,3)50(41)45-12-8-7-10-42-13-15-17(32)20(35)24(39)28(47-15)49-29-25(40)21(36)23(38)27(48-29)44-14-16-18(33)19(34)22(37)26(46-16)43-11-6-4-5-9-31/h15-29,31-41H,4-14H2,1-3H3/p+1. The lowest BCUT2D eigenvalue weighted by Gasteiger charge is -2.45. The normalized spacial score (nSPS) is 40.6. The van der Waals surface area contributed by atoms with E-state index in [9.17, 15) is 50.9 Å². The highest BCUT2D eigenvalue weighted by molar-refractivity contribution is 7.47. The minimum atomic E-state index is -1.91. The SMILES string of the molecule is CC(C)(C)P(O)OCCCCOCC1OC(OC2OC(OCC3OC(OCCCCC[OH2+])C(O)C(O)C3O)C(O)C(O)C2O)C(O)C(O)C1O. The van der Waals surface area contributed by atoms with Gasteiger partial charge in [0.15, 0.2) is 33.5 Å². The lowest BCUT2D eigenvalue weighted by atomic mass is 9.99. The third-order valence-electron chi connectivity index (χ3n) is 8.41. The van der Waals surface area contributed by atoms with E-state index in [0.29, 0.717) is 38.7 Å². The van der Waals surface area contributed by atoms with Gasteiger partial charge in [0.1, 0.15) is 73.8 Å². The van der Waals surface area contributed by atoms with Crippen molar-refractivity contribution in [1.82, 2.24) is 0 Å². The largest absolute Gasteiger partial charge is 0.445 e. The molecule has 0 saturated carbocycles. The Labute approximate surface area is 292 Å². The molecule has 3 aliphatic heterocycles. The Balaban J connectivity index is 1.52. The Morgan fingerprint density at radius 2 is 1.02 bits per heavy atom. The first-order chi connectivity index (χ1) is 23.6. The molecule has 296 valence electrons. The molecular weight excluding hydrogens is 695 g/mol. The highest BCUT2D eigenvalue weighted by atomic mass is 31.2. The second-order valence-electron chi connectivity index (χ2n) is 13.6. The fourth-order valence-corrected chi connectivity index (χ4v) is 5.89. The number of aliphatic hydroxyl groups is 9. The predicted molar refractivity (Wildman–Crippen MR) is 170 cm³/mol. The van der Waals surface area contributed by atoms with Gasteiger partial charge in [-0.1, -0.05) is 20.8 Å². The smallest absolute Gasteiger partial charge is 0.192 e. The van der Waals surface area contributed by atoms with E-state index in [-0.39, 0.29) is 31.6 Å². The van der Waals surface area contributed by atoms with Crippen LogP contribution in [0.2, 0.25) is 0 Å². The van der Waals surface area contributed by atoms with Gasteiger partial charge in [0.25, 0.3) is 0 Å². The Morgan fingerprint density at radius 3 is 1.62 bits per heavy atom. The number of hydrogen-bond acceptors (Lipinski definition) is 18. The zero-order valence-electron chi connectivity index (χ0n) is 28.6. The summed E-state index contributed by atoms with van der Waals surface area (Å²) in [7, 11) is -1.58. The molecule has 3 heterocycles. The third-order valence-corrected chi connectivity index (χ3v) is 9.99. The van der Waals surface area contributed by atoms with Gasteiger partial charge in [-0.2, -0.15) is 0 Å². The van der Waals surface area contributed by atoms with Gasteiger partial charge in [0.05, 0.1) is 19.8 Å². The molecule has 16 atom stereocenters. The molecule has 0 aromatic carbocycles. The minimum absolute atomic E-state index is 0.152. The Kier molecular flexibility index (Phi) is 18.5. The van der Waals surface area contributed by atoms with E-state index in [2.05, 4.69) is 0 Å². The van der Waals surface area contributed by atoms with Crippen LogP contribution in [0.1, 0.15) is 52.9 Å². The highest BCUT2D eigenvalue weighted by Crippen LogP contribution is 2.46. The van der Waals surface area contributed by atoms with Gasteiger partial charge >= 0.3 is 0 Å². The highest BCUT2D eigenvalue weighted by Gasteiger charge is 2.51. The first-order valence-corrected chi connectivity index (χ1v) is 18.1. The van der Waals surface area contributed by atoms with Crippen LogP contribution in [-0.4, -0.2) is 193 Å². The zero-order valence-corrected chi connectivity index (χ0v) is 29.5. The van der Waals surface area contributed by atoms with Crippen LogP contribution in [0.4, 0.5) is 0 Å². The maximum absolute atomic E-state index is 10.6. The molecule has 0 spiro atoms. The Morgan fingerprint density at radius 1 is 0.540 bits per heavy atom. The summed E-state index contributed by atoms with van der Waals surface area (Å²) in [6.07, 6.45) is -21.7. The molecule has 0 bridgehead atoms. The topological polar surface area (TPSA) is 299 Å². The first-order valence-electron chi connectivity index (χ1n) is 16.9. The fraction of sp³-hybridized carbons (Fsp3) is 1.00. The van der Waals surface area contributed by atoms with E-state index < -0.39 is 107 Å². The molecular formula is C30H58O19P+. The number of hydrogen-bond donors (Lipinski definition) is 10. The number of ether oxygens (including phenoxy) is 7. The summed E-state index contributed by atoms with van der Waals surface area (Å²) in [6, 6.07) is 0. The lowest BCUT2D eigenvalue weighted by Crippen LogP contribution is -2.64. The molecule has 19 nitrogen and oxygen atoms in total. The summed E-state index contributed by atoms with van der Waals surface area (Å²) in [5.74, 6) is 0. The maximum atomic E-state index is 10.6. The van der Waals surface area contributed by atoms with Crippen LogP contribution in [0.3, 0.4) is 0 Å². The zero-order chi connectivity index (χ0) is 37.2. The van der Waals surface area contributed by atoms with E-state index in [1.54, 1.807) is 0 Å². The van der Waals surface area contributed by atoms with Crippen LogP contribution in [-0.2, 0) is 37.7 Å². The molecule has 12 N–H and O–H groups in total. The summed E-state index contributed by atoms with van der Waals surface area (Å²) < 4.78 is 44.3. The van der Waals surface area contributed by atoms with Gasteiger partial charge < -0.3 is 93.6 Å². The number of unbranched alkanes of at least 4 members (excludes halogenated alkanes) is 3. The monoisotopic (exact) mass is 753 g/mol. The van der Waals surface area contributed by atoms with E-state index in [0.717, 1.165) is 0 Å². The van der Waals surface area contributed by atoms with Crippen LogP contribution in [0, 0.1) is 0 Å². The Hall–Kier alpha value is -0.330. The summed E-state index contributed by atoms with van der Waals surface area (Å²) >= 11 is 0. The van der Waals surface area contributed by atoms with Crippen LogP contribution in [0.5, 0.6) is 0 Å². The molecule has 0 aromatic rings. The third kappa shape index (κ3) is 12.4. The lowest BCUT2D eigenvalue weighted by molar-refractivity contribution is -0.402. The van der Waals surface area contributed by atoms with Crippen molar-refractivity contribution in [2.24, 2.45) is 0 Å². The van der Waals surface area contributed by atoms with E-state index in [1.807, 2.05) is 20.8 Å². The maximum Gasteiger partial charge on any atom is 0.192 e. The number of rotatable bonds is 19. The van der Waals surface area contributed by atoms with Crippen LogP contribution in [0.25, 0.3) is 0 Å². The average Bonchev–Trinajstić information content (AvgIpc) is 3.07. The van der Waals surface area contributed by atoms with Crippen molar-refractivity contribution >= 4 is 8.38 Å². The van der Waals surface area contributed by atoms with Gasteiger partial charge in [-0.15, -0.1) is 0 Å². The van der Waals surface area contributed by atoms with Crippen molar-refractivity contribution in [3.8, 4) is 0 Å². The van der Waals surface area contributed by atoms with E-state index >= 15 is 0 Å². The quantitative estimate of drug-likeness (QED) is 0.0344. The van der Waals surface area contributed by atoms with Crippen molar-refractivity contribution in [3.63, 3.8) is 0 Å². The van der Waals surface area contributed by atoms with E-state index in [4.69, 9.17) is 42.8 Å². The van der Waals surface area contributed by atoms with Crippen molar-refractivity contribution in [2.75, 3.05) is 39.6 Å². The fourth-order valence-electron chi connectivity index (χ4n) is 5.20. The number of aliphatic hydroxyl groups excluding tert-OH is 9. The molecule has 3 aliphatic rings. The molecule has 0 amide bonds.